The zero-order valence-corrected chi connectivity index (χ0v) is 14.0. The van der Waals surface area contributed by atoms with E-state index in [1.807, 2.05) is 26.0 Å². The van der Waals surface area contributed by atoms with E-state index in [0.717, 1.165) is 36.3 Å². The van der Waals surface area contributed by atoms with Gasteiger partial charge in [0.1, 0.15) is 0 Å². The summed E-state index contributed by atoms with van der Waals surface area (Å²) in [6, 6.07) is 5.93. The molecule has 1 saturated heterocycles. The third kappa shape index (κ3) is 4.29. The second kappa shape index (κ2) is 7.40. The molecule has 3 rings (SSSR count). The van der Waals surface area contributed by atoms with Crippen molar-refractivity contribution in [2.45, 2.75) is 32.8 Å². The van der Waals surface area contributed by atoms with Crippen molar-refractivity contribution in [3.63, 3.8) is 0 Å². The highest BCUT2D eigenvalue weighted by atomic mass is 16.5. The summed E-state index contributed by atoms with van der Waals surface area (Å²) >= 11 is 0. The summed E-state index contributed by atoms with van der Waals surface area (Å²) in [5.41, 5.74) is 3.42. The van der Waals surface area contributed by atoms with Gasteiger partial charge in [-0.2, -0.15) is 0 Å². The minimum atomic E-state index is -0.217. The Kier molecular flexibility index (Phi) is 5.05. The summed E-state index contributed by atoms with van der Waals surface area (Å²) in [6.45, 7) is 5.51. The van der Waals surface area contributed by atoms with Crippen LogP contribution in [0.5, 0.6) is 0 Å². The molecule has 0 spiro atoms. The Morgan fingerprint density at radius 3 is 2.54 bits per heavy atom. The number of anilines is 2. The minimum absolute atomic E-state index is 0.217. The van der Waals surface area contributed by atoms with Gasteiger partial charge in [0.05, 0.1) is 11.7 Å². The molecule has 6 heteroatoms. The molecule has 1 aromatic heterocycles. The lowest BCUT2D eigenvalue weighted by atomic mass is 10.1. The van der Waals surface area contributed by atoms with Crippen LogP contribution in [-0.2, 0) is 4.74 Å². The Bertz CT molecular complexity index is 689. The molecule has 0 radical (unpaired) electrons. The van der Waals surface area contributed by atoms with Gasteiger partial charge in [0.15, 0.2) is 0 Å². The van der Waals surface area contributed by atoms with Gasteiger partial charge in [0.2, 0.25) is 5.95 Å². The van der Waals surface area contributed by atoms with E-state index in [4.69, 9.17) is 4.74 Å². The van der Waals surface area contributed by atoms with Crippen LogP contribution < -0.4 is 10.6 Å². The maximum absolute atomic E-state index is 12.3. The average molecular weight is 326 g/mol. The molecule has 1 amide bonds. The van der Waals surface area contributed by atoms with E-state index in [1.54, 1.807) is 0 Å². The van der Waals surface area contributed by atoms with Gasteiger partial charge in [-0.05, 0) is 49.9 Å². The Morgan fingerprint density at radius 2 is 1.92 bits per heavy atom. The molecule has 0 bridgehead atoms. The van der Waals surface area contributed by atoms with Gasteiger partial charge in [-0.1, -0.05) is 6.07 Å². The molecule has 2 N–H and O–H groups in total. The lowest BCUT2D eigenvalue weighted by molar-refractivity contribution is 0.102. The van der Waals surface area contributed by atoms with Gasteiger partial charge in [-0.25, -0.2) is 9.97 Å². The normalized spacial score (nSPS) is 16.8. The van der Waals surface area contributed by atoms with Crippen LogP contribution >= 0.6 is 0 Å². The van der Waals surface area contributed by atoms with Crippen molar-refractivity contribution in [3.8, 4) is 0 Å². The third-order valence-corrected chi connectivity index (χ3v) is 3.91. The number of ether oxygens (including phenoxy) is 1. The van der Waals surface area contributed by atoms with E-state index in [9.17, 15) is 4.79 Å². The predicted molar refractivity (Wildman–Crippen MR) is 93.4 cm³/mol. The van der Waals surface area contributed by atoms with Gasteiger partial charge in [0, 0.05) is 31.2 Å². The summed E-state index contributed by atoms with van der Waals surface area (Å²) in [5.74, 6) is 0.291. The van der Waals surface area contributed by atoms with E-state index in [0.29, 0.717) is 18.1 Å². The van der Waals surface area contributed by atoms with Gasteiger partial charge in [-0.15, -0.1) is 0 Å². The fourth-order valence-corrected chi connectivity index (χ4v) is 2.80. The van der Waals surface area contributed by atoms with Crippen molar-refractivity contribution in [2.75, 3.05) is 23.8 Å². The van der Waals surface area contributed by atoms with Gasteiger partial charge in [-0.3, -0.25) is 4.79 Å². The van der Waals surface area contributed by atoms with Crippen LogP contribution in [0.4, 0.5) is 11.6 Å². The Balaban J connectivity index is 1.58. The smallest absolute Gasteiger partial charge is 0.258 e. The fraction of sp³-hybridized carbons (Fsp3) is 0.389. The molecule has 126 valence electrons. The largest absolute Gasteiger partial charge is 0.376 e. The van der Waals surface area contributed by atoms with Crippen LogP contribution in [0, 0.1) is 13.8 Å². The number of nitrogens with zero attached hydrogens (tertiary/aromatic N) is 2. The maximum atomic E-state index is 12.3. The quantitative estimate of drug-likeness (QED) is 0.883. The molecule has 6 nitrogen and oxygen atoms in total. The number of rotatable bonds is 5. The summed E-state index contributed by atoms with van der Waals surface area (Å²) in [4.78, 5) is 20.7. The lowest BCUT2D eigenvalue weighted by Gasteiger charge is -2.11. The number of aryl methyl sites for hydroxylation is 2. The molecule has 1 aliphatic rings. The Hall–Kier alpha value is -2.47. The Morgan fingerprint density at radius 1 is 1.21 bits per heavy atom. The molecular weight excluding hydrogens is 304 g/mol. The average Bonchev–Trinajstić information content (AvgIpc) is 3.06. The standard InChI is InChI=1S/C18H22N4O2/c1-12-6-13(2)8-15(7-12)22-17(23)14-9-19-18(20-10-14)21-11-16-4-3-5-24-16/h6-10,16H,3-5,11H2,1-2H3,(H,22,23)(H,19,20,21). The zero-order chi connectivity index (χ0) is 16.9. The van der Waals surface area contributed by atoms with Gasteiger partial charge >= 0.3 is 0 Å². The maximum Gasteiger partial charge on any atom is 0.258 e. The van der Waals surface area contributed by atoms with Crippen molar-refractivity contribution in [2.24, 2.45) is 0 Å². The highest BCUT2D eigenvalue weighted by Crippen LogP contribution is 2.15. The highest BCUT2D eigenvalue weighted by molar-refractivity contribution is 6.04. The number of hydrogen-bond donors (Lipinski definition) is 2. The molecule has 0 saturated carbocycles. The monoisotopic (exact) mass is 326 g/mol. The van der Waals surface area contributed by atoms with E-state index in [-0.39, 0.29) is 12.0 Å². The topological polar surface area (TPSA) is 76.1 Å². The molecule has 24 heavy (non-hydrogen) atoms. The van der Waals surface area contributed by atoms with Crippen molar-refractivity contribution >= 4 is 17.5 Å². The number of nitrogens with one attached hydrogen (secondary N) is 2. The second-order valence-electron chi connectivity index (χ2n) is 6.14. The summed E-state index contributed by atoms with van der Waals surface area (Å²) < 4.78 is 5.54. The van der Waals surface area contributed by atoms with Crippen LogP contribution in [0.1, 0.15) is 34.3 Å². The first-order valence-corrected chi connectivity index (χ1v) is 8.17. The summed E-state index contributed by atoms with van der Waals surface area (Å²) in [7, 11) is 0. The number of carbonyl (C=O) groups is 1. The lowest BCUT2D eigenvalue weighted by Crippen LogP contribution is -2.20. The molecule has 0 aliphatic carbocycles. The van der Waals surface area contributed by atoms with E-state index in [2.05, 4.69) is 26.7 Å². The predicted octanol–water partition coefficient (Wildman–Crippen LogP) is 2.94. The molecule has 1 atom stereocenters. The number of amides is 1. The summed E-state index contributed by atoms with van der Waals surface area (Å²) in [6.07, 6.45) is 5.45. The van der Waals surface area contributed by atoms with Gasteiger partial charge < -0.3 is 15.4 Å². The van der Waals surface area contributed by atoms with Crippen LogP contribution in [0.25, 0.3) is 0 Å². The van der Waals surface area contributed by atoms with Gasteiger partial charge in [0.25, 0.3) is 5.91 Å². The Labute approximate surface area is 141 Å². The molecular formula is C18H22N4O2. The van der Waals surface area contributed by atoms with Crippen LogP contribution in [0.3, 0.4) is 0 Å². The first-order chi connectivity index (χ1) is 11.6. The molecule has 1 unspecified atom stereocenters. The van der Waals surface area contributed by atoms with Crippen LogP contribution in [-0.4, -0.2) is 35.1 Å². The van der Waals surface area contributed by atoms with Crippen molar-refractivity contribution < 1.29 is 9.53 Å². The molecule has 2 aromatic rings. The fourth-order valence-electron chi connectivity index (χ4n) is 2.80. The number of aromatic nitrogens is 2. The second-order valence-corrected chi connectivity index (χ2v) is 6.14. The van der Waals surface area contributed by atoms with Crippen LogP contribution in [0.2, 0.25) is 0 Å². The minimum Gasteiger partial charge on any atom is -0.376 e. The first kappa shape index (κ1) is 16.4. The number of carbonyl (C=O) groups excluding carboxylic acids is 1. The summed E-state index contributed by atoms with van der Waals surface area (Å²) in [5, 5.41) is 6.02. The van der Waals surface area contributed by atoms with E-state index < -0.39 is 0 Å². The molecule has 1 aromatic carbocycles. The SMILES string of the molecule is Cc1cc(C)cc(NC(=O)c2cnc(NCC3CCCO3)nc2)c1. The highest BCUT2D eigenvalue weighted by Gasteiger charge is 2.15. The molecule has 1 fully saturated rings. The van der Waals surface area contributed by atoms with Crippen LogP contribution in [0.15, 0.2) is 30.6 Å². The zero-order valence-electron chi connectivity index (χ0n) is 14.0. The van der Waals surface area contributed by atoms with Crippen molar-refractivity contribution in [1.29, 1.82) is 0 Å². The van der Waals surface area contributed by atoms with Crippen molar-refractivity contribution in [3.05, 3.63) is 47.3 Å². The van der Waals surface area contributed by atoms with Crippen molar-refractivity contribution in [1.82, 2.24) is 9.97 Å². The van der Waals surface area contributed by atoms with E-state index in [1.165, 1.54) is 12.4 Å². The third-order valence-electron chi connectivity index (χ3n) is 3.91. The number of benzene rings is 1. The number of hydrogen-bond acceptors (Lipinski definition) is 5. The molecule has 2 heterocycles. The molecule has 1 aliphatic heterocycles. The van der Waals surface area contributed by atoms with E-state index >= 15 is 0 Å². The first-order valence-electron chi connectivity index (χ1n) is 8.17.